The van der Waals surface area contributed by atoms with Crippen molar-refractivity contribution in [1.82, 2.24) is 14.7 Å². The van der Waals surface area contributed by atoms with Crippen molar-refractivity contribution in [2.45, 2.75) is 57.0 Å². The van der Waals surface area contributed by atoms with Crippen LogP contribution in [0.2, 0.25) is 0 Å². The first-order valence-electron chi connectivity index (χ1n) is 10.5. The van der Waals surface area contributed by atoms with E-state index in [-0.39, 0.29) is 23.9 Å². The molecule has 0 spiro atoms. The highest BCUT2D eigenvalue weighted by molar-refractivity contribution is 5.79. The topological polar surface area (TPSA) is 43.9 Å². The largest absolute Gasteiger partial charge is 0.341 e. The van der Waals surface area contributed by atoms with E-state index in [4.69, 9.17) is 0 Å². The van der Waals surface area contributed by atoms with Gasteiger partial charge in [0.25, 0.3) is 0 Å². The van der Waals surface area contributed by atoms with Crippen molar-refractivity contribution < 1.29 is 9.59 Å². The molecule has 0 aliphatic carbocycles. The molecular weight excluding hydrogens is 338 g/mol. The van der Waals surface area contributed by atoms with E-state index in [9.17, 15) is 9.59 Å². The normalized spacial score (nSPS) is 28.9. The third-order valence-corrected chi connectivity index (χ3v) is 6.69. The Kier molecular flexibility index (Phi) is 5.48. The first-order valence-corrected chi connectivity index (χ1v) is 10.5. The number of benzene rings is 1. The van der Waals surface area contributed by atoms with Crippen LogP contribution in [0.25, 0.3) is 0 Å². The maximum atomic E-state index is 12.6. The first-order chi connectivity index (χ1) is 13.1. The molecule has 1 aromatic carbocycles. The third kappa shape index (κ3) is 3.75. The fourth-order valence-electron chi connectivity index (χ4n) is 5.16. The second kappa shape index (κ2) is 8.01. The summed E-state index contributed by atoms with van der Waals surface area (Å²) < 4.78 is 0. The Hall–Kier alpha value is -1.88. The summed E-state index contributed by atoms with van der Waals surface area (Å²) in [4.78, 5) is 31.6. The number of nitrogens with zero attached hydrogens (tertiary/aromatic N) is 3. The summed E-state index contributed by atoms with van der Waals surface area (Å²) in [7, 11) is 0. The van der Waals surface area contributed by atoms with Gasteiger partial charge in [-0.05, 0) is 37.8 Å². The van der Waals surface area contributed by atoms with Gasteiger partial charge in [-0.25, -0.2) is 0 Å². The van der Waals surface area contributed by atoms with Gasteiger partial charge in [-0.2, -0.15) is 0 Å². The van der Waals surface area contributed by atoms with E-state index in [1.165, 1.54) is 5.56 Å². The second-order valence-electron chi connectivity index (χ2n) is 8.28. The fourth-order valence-corrected chi connectivity index (χ4v) is 5.16. The molecule has 3 aliphatic rings. The van der Waals surface area contributed by atoms with Crippen LogP contribution in [0, 0.1) is 0 Å². The Balaban J connectivity index is 1.61. The molecule has 0 aromatic heterocycles. The zero-order valence-electron chi connectivity index (χ0n) is 16.3. The molecule has 0 unspecified atom stereocenters. The third-order valence-electron chi connectivity index (χ3n) is 6.69. The van der Waals surface area contributed by atoms with Crippen LogP contribution < -0.4 is 0 Å². The van der Waals surface area contributed by atoms with Crippen LogP contribution in [0.15, 0.2) is 30.3 Å². The van der Waals surface area contributed by atoms with Crippen LogP contribution >= 0.6 is 0 Å². The molecule has 5 heteroatoms. The zero-order valence-corrected chi connectivity index (χ0v) is 16.3. The molecule has 3 saturated heterocycles. The highest BCUT2D eigenvalue weighted by Gasteiger charge is 2.44. The van der Waals surface area contributed by atoms with Gasteiger partial charge in [0, 0.05) is 38.5 Å². The van der Waals surface area contributed by atoms with Gasteiger partial charge in [0.1, 0.15) is 0 Å². The van der Waals surface area contributed by atoms with Crippen molar-refractivity contribution in [3.63, 3.8) is 0 Å². The highest BCUT2D eigenvalue weighted by atomic mass is 16.2. The molecule has 27 heavy (non-hydrogen) atoms. The molecule has 1 aromatic rings. The van der Waals surface area contributed by atoms with Crippen molar-refractivity contribution >= 4 is 11.8 Å². The van der Waals surface area contributed by atoms with Crippen LogP contribution in [-0.4, -0.2) is 71.3 Å². The van der Waals surface area contributed by atoms with Crippen LogP contribution in [0.1, 0.15) is 50.5 Å². The number of hydrogen-bond acceptors (Lipinski definition) is 3. The number of rotatable bonds is 3. The Morgan fingerprint density at radius 2 is 1.74 bits per heavy atom. The van der Waals surface area contributed by atoms with Crippen LogP contribution in [0.5, 0.6) is 0 Å². The van der Waals surface area contributed by atoms with Crippen molar-refractivity contribution in [1.29, 1.82) is 0 Å². The number of amides is 2. The number of carbonyl (C=O) groups is 2. The van der Waals surface area contributed by atoms with Crippen molar-refractivity contribution in [2.75, 3.05) is 32.7 Å². The molecule has 0 N–H and O–H groups in total. The molecule has 0 radical (unpaired) electrons. The van der Waals surface area contributed by atoms with Gasteiger partial charge in [0.2, 0.25) is 11.8 Å². The Morgan fingerprint density at radius 3 is 2.41 bits per heavy atom. The number of fused-ring (bicyclic) bond motifs is 1. The minimum Gasteiger partial charge on any atom is -0.341 e. The lowest BCUT2D eigenvalue weighted by Gasteiger charge is -2.49. The van der Waals surface area contributed by atoms with Gasteiger partial charge in [0.15, 0.2) is 0 Å². The van der Waals surface area contributed by atoms with Gasteiger partial charge < -0.3 is 9.80 Å². The molecule has 5 nitrogen and oxygen atoms in total. The predicted molar refractivity (Wildman–Crippen MR) is 105 cm³/mol. The van der Waals surface area contributed by atoms with Gasteiger partial charge in [-0.15, -0.1) is 0 Å². The minimum atomic E-state index is 0.170. The minimum absolute atomic E-state index is 0.170. The van der Waals surface area contributed by atoms with Crippen molar-refractivity contribution in [3.8, 4) is 0 Å². The quantitative estimate of drug-likeness (QED) is 0.822. The predicted octanol–water partition coefficient (Wildman–Crippen LogP) is 2.48. The maximum absolute atomic E-state index is 12.6. The standard InChI is InChI=1S/C22H31N3O2/c1-17(26)25-14-6-5-10-20-22(25)19(18-8-3-2-4-9-18)11-15-24(20)16-21(27)23-12-7-13-23/h2-4,8-9,19-20,22H,5-7,10-16H2,1H3/t19-,20-,22-/m1/s1. The molecule has 2 amide bonds. The monoisotopic (exact) mass is 369 g/mol. The zero-order chi connectivity index (χ0) is 18.8. The van der Waals surface area contributed by atoms with Gasteiger partial charge in [0.05, 0.1) is 12.6 Å². The Bertz CT molecular complexity index is 673. The molecule has 3 aliphatic heterocycles. The van der Waals surface area contributed by atoms with E-state index >= 15 is 0 Å². The lowest BCUT2D eigenvalue weighted by atomic mass is 9.79. The highest BCUT2D eigenvalue weighted by Crippen LogP contribution is 2.39. The summed E-state index contributed by atoms with van der Waals surface area (Å²) >= 11 is 0. The summed E-state index contributed by atoms with van der Waals surface area (Å²) in [5, 5.41) is 0. The Labute approximate surface area is 162 Å². The van der Waals surface area contributed by atoms with Crippen LogP contribution in [0.3, 0.4) is 0 Å². The van der Waals surface area contributed by atoms with Gasteiger partial charge in [-0.1, -0.05) is 36.8 Å². The van der Waals surface area contributed by atoms with Crippen LogP contribution in [-0.2, 0) is 9.59 Å². The average Bonchev–Trinajstić information content (AvgIpc) is 2.84. The summed E-state index contributed by atoms with van der Waals surface area (Å²) in [6, 6.07) is 11.1. The lowest BCUT2D eigenvalue weighted by molar-refractivity contribution is -0.139. The van der Waals surface area contributed by atoms with E-state index in [1.54, 1.807) is 6.92 Å². The molecule has 4 rings (SSSR count). The second-order valence-corrected chi connectivity index (χ2v) is 8.28. The summed E-state index contributed by atoms with van der Waals surface area (Å²) in [6.07, 6.45) is 5.39. The molecule has 146 valence electrons. The molecule has 3 fully saturated rings. The summed E-state index contributed by atoms with van der Waals surface area (Å²) in [5.41, 5.74) is 1.33. The molecular formula is C22H31N3O2. The number of carbonyl (C=O) groups excluding carboxylic acids is 2. The van der Waals surface area contributed by atoms with Crippen LogP contribution in [0.4, 0.5) is 0 Å². The van der Waals surface area contributed by atoms with E-state index in [0.29, 0.717) is 12.5 Å². The van der Waals surface area contributed by atoms with Crippen molar-refractivity contribution in [3.05, 3.63) is 35.9 Å². The lowest BCUT2D eigenvalue weighted by Crippen LogP contribution is -2.60. The Morgan fingerprint density at radius 1 is 0.963 bits per heavy atom. The molecule has 0 saturated carbocycles. The molecule has 0 bridgehead atoms. The van der Waals surface area contributed by atoms with E-state index < -0.39 is 0 Å². The van der Waals surface area contributed by atoms with Gasteiger partial charge in [-0.3, -0.25) is 14.5 Å². The maximum Gasteiger partial charge on any atom is 0.236 e. The van der Waals surface area contributed by atoms with E-state index in [2.05, 4.69) is 40.1 Å². The average molecular weight is 370 g/mol. The summed E-state index contributed by atoms with van der Waals surface area (Å²) in [5.74, 6) is 0.786. The number of hydrogen-bond donors (Lipinski definition) is 0. The molecule has 3 heterocycles. The van der Waals surface area contributed by atoms with Gasteiger partial charge >= 0.3 is 0 Å². The molecule has 3 atom stereocenters. The van der Waals surface area contributed by atoms with E-state index in [1.807, 2.05) is 4.90 Å². The number of likely N-dealkylation sites (tertiary alicyclic amines) is 3. The fraction of sp³-hybridized carbons (Fsp3) is 0.636. The SMILES string of the molecule is CC(=O)N1CCCC[C@@H]2[C@H]1[C@@H](c1ccccc1)CCN2CC(=O)N1CCC1. The first kappa shape index (κ1) is 18.5. The van der Waals surface area contributed by atoms with E-state index in [0.717, 1.165) is 58.3 Å². The summed E-state index contributed by atoms with van der Waals surface area (Å²) in [6.45, 7) is 5.81. The smallest absolute Gasteiger partial charge is 0.236 e. The van der Waals surface area contributed by atoms with Crippen molar-refractivity contribution in [2.24, 2.45) is 0 Å². The number of piperidine rings is 1.